The highest BCUT2D eigenvalue weighted by Crippen LogP contribution is 2.27. The molecular weight excluding hydrogens is 374 g/mol. The van der Waals surface area contributed by atoms with Crippen molar-refractivity contribution in [1.29, 1.82) is 0 Å². The Morgan fingerprint density at radius 1 is 1.19 bits per heavy atom. The molecule has 0 heterocycles. The van der Waals surface area contributed by atoms with Crippen LogP contribution in [0.3, 0.4) is 0 Å². The molecule has 2 rings (SSSR count). The molecule has 0 saturated carbocycles. The Bertz CT molecular complexity index is 754. The fraction of sp³-hybridized carbons (Fsp3) is 0.263. The summed E-state index contributed by atoms with van der Waals surface area (Å²) >= 11 is 7.50. The van der Waals surface area contributed by atoms with E-state index >= 15 is 0 Å². The number of benzene rings is 2. The van der Waals surface area contributed by atoms with Gasteiger partial charge in [-0.15, -0.1) is 11.8 Å². The molecule has 0 aliphatic carbocycles. The van der Waals surface area contributed by atoms with Gasteiger partial charge in [0.25, 0.3) is 5.91 Å². The zero-order valence-electron chi connectivity index (χ0n) is 14.5. The quantitative estimate of drug-likeness (QED) is 0.532. The molecule has 1 amide bonds. The monoisotopic (exact) mass is 393 g/mol. The minimum atomic E-state index is -0.923. The number of ether oxygens (including phenoxy) is 2. The molecule has 0 bridgehead atoms. The van der Waals surface area contributed by atoms with Crippen LogP contribution in [0.25, 0.3) is 0 Å². The Balaban J connectivity index is 1.81. The number of anilines is 1. The van der Waals surface area contributed by atoms with Gasteiger partial charge in [0.05, 0.1) is 19.2 Å². The summed E-state index contributed by atoms with van der Waals surface area (Å²) in [5.74, 6) is 0.184. The summed E-state index contributed by atoms with van der Waals surface area (Å²) < 4.78 is 10.4. The van der Waals surface area contributed by atoms with Crippen LogP contribution in [0.1, 0.15) is 13.3 Å². The minimum absolute atomic E-state index is 0.220. The van der Waals surface area contributed by atoms with E-state index in [9.17, 15) is 9.59 Å². The van der Waals surface area contributed by atoms with Crippen LogP contribution in [-0.4, -0.2) is 30.8 Å². The Kier molecular flexibility index (Phi) is 7.81. The fourth-order valence-corrected chi connectivity index (χ4v) is 3.12. The Labute approximate surface area is 162 Å². The van der Waals surface area contributed by atoms with Gasteiger partial charge in [-0.25, -0.2) is 0 Å². The predicted octanol–water partition coefficient (Wildman–Crippen LogP) is 4.40. The number of methoxy groups -OCH3 is 1. The van der Waals surface area contributed by atoms with Gasteiger partial charge in [0.2, 0.25) is 0 Å². The first-order chi connectivity index (χ1) is 12.5. The Morgan fingerprint density at radius 3 is 2.62 bits per heavy atom. The first kappa shape index (κ1) is 20.1. The number of carbonyl (C=O) groups is 2. The van der Waals surface area contributed by atoms with Crippen molar-refractivity contribution < 1.29 is 19.1 Å². The molecule has 0 fully saturated rings. The van der Waals surface area contributed by atoms with Gasteiger partial charge in [0.15, 0.2) is 6.10 Å². The van der Waals surface area contributed by atoms with E-state index in [2.05, 4.69) is 5.32 Å². The second-order valence-corrected chi connectivity index (χ2v) is 6.98. The van der Waals surface area contributed by atoms with Crippen LogP contribution in [-0.2, 0) is 14.3 Å². The van der Waals surface area contributed by atoms with Gasteiger partial charge in [0.1, 0.15) is 5.75 Å². The van der Waals surface area contributed by atoms with E-state index in [1.807, 2.05) is 30.3 Å². The predicted molar refractivity (Wildman–Crippen MR) is 104 cm³/mol. The number of hydrogen-bond acceptors (Lipinski definition) is 5. The van der Waals surface area contributed by atoms with Crippen molar-refractivity contribution in [2.75, 3.05) is 18.2 Å². The molecule has 1 atom stereocenters. The van der Waals surface area contributed by atoms with Crippen LogP contribution in [0.5, 0.6) is 5.75 Å². The lowest BCUT2D eigenvalue weighted by atomic mass is 10.2. The maximum absolute atomic E-state index is 12.2. The van der Waals surface area contributed by atoms with Crippen LogP contribution >= 0.6 is 23.4 Å². The molecule has 138 valence electrons. The SMILES string of the molecule is COc1ccc(Cl)cc1NC(=O)[C@H](C)OC(=O)CCSc1ccccc1. The number of halogens is 1. The molecule has 0 spiro atoms. The van der Waals surface area contributed by atoms with Crippen LogP contribution in [0.15, 0.2) is 53.4 Å². The molecule has 26 heavy (non-hydrogen) atoms. The van der Waals surface area contributed by atoms with Gasteiger partial charge in [-0.2, -0.15) is 0 Å². The summed E-state index contributed by atoms with van der Waals surface area (Å²) in [6, 6.07) is 14.7. The van der Waals surface area contributed by atoms with Gasteiger partial charge in [0, 0.05) is 15.7 Å². The van der Waals surface area contributed by atoms with Crippen molar-refractivity contribution in [2.45, 2.75) is 24.3 Å². The van der Waals surface area contributed by atoms with E-state index in [1.165, 1.54) is 14.0 Å². The van der Waals surface area contributed by atoms with Gasteiger partial charge in [-0.1, -0.05) is 29.8 Å². The molecule has 1 N–H and O–H groups in total. The van der Waals surface area contributed by atoms with Crippen molar-refractivity contribution in [3.8, 4) is 5.75 Å². The first-order valence-electron chi connectivity index (χ1n) is 8.01. The van der Waals surface area contributed by atoms with Crippen LogP contribution in [0.2, 0.25) is 5.02 Å². The highest BCUT2D eigenvalue weighted by Gasteiger charge is 2.19. The molecule has 0 aliphatic rings. The van der Waals surface area contributed by atoms with Gasteiger partial charge in [-0.05, 0) is 37.3 Å². The van der Waals surface area contributed by atoms with Crippen molar-refractivity contribution in [2.24, 2.45) is 0 Å². The summed E-state index contributed by atoms with van der Waals surface area (Å²) in [4.78, 5) is 25.2. The number of nitrogens with one attached hydrogen (secondary N) is 1. The van der Waals surface area contributed by atoms with E-state index in [0.29, 0.717) is 22.2 Å². The average molecular weight is 394 g/mol. The number of thioether (sulfide) groups is 1. The van der Waals surface area contributed by atoms with Crippen molar-refractivity contribution in [1.82, 2.24) is 0 Å². The lowest BCUT2D eigenvalue weighted by molar-refractivity contribution is -0.152. The molecule has 7 heteroatoms. The summed E-state index contributed by atoms with van der Waals surface area (Å²) in [7, 11) is 1.49. The van der Waals surface area contributed by atoms with E-state index in [0.717, 1.165) is 4.90 Å². The molecule has 0 radical (unpaired) electrons. The molecule has 0 unspecified atom stereocenters. The van der Waals surface area contributed by atoms with Crippen molar-refractivity contribution in [3.05, 3.63) is 53.6 Å². The average Bonchev–Trinajstić information content (AvgIpc) is 2.62. The topological polar surface area (TPSA) is 64.6 Å². The van der Waals surface area contributed by atoms with Crippen LogP contribution in [0.4, 0.5) is 5.69 Å². The molecule has 0 aliphatic heterocycles. The van der Waals surface area contributed by atoms with E-state index < -0.39 is 18.0 Å². The lowest BCUT2D eigenvalue weighted by Gasteiger charge is -2.15. The molecule has 0 saturated heterocycles. The fourth-order valence-electron chi connectivity index (χ4n) is 2.09. The third kappa shape index (κ3) is 6.28. The zero-order valence-corrected chi connectivity index (χ0v) is 16.1. The third-order valence-electron chi connectivity index (χ3n) is 3.41. The van der Waals surface area contributed by atoms with Crippen LogP contribution < -0.4 is 10.1 Å². The van der Waals surface area contributed by atoms with E-state index in [4.69, 9.17) is 21.1 Å². The zero-order chi connectivity index (χ0) is 18.9. The molecule has 2 aromatic carbocycles. The van der Waals surface area contributed by atoms with E-state index in [-0.39, 0.29) is 6.42 Å². The number of hydrogen-bond donors (Lipinski definition) is 1. The molecule has 5 nitrogen and oxygen atoms in total. The van der Waals surface area contributed by atoms with Crippen LogP contribution in [0, 0.1) is 0 Å². The van der Waals surface area contributed by atoms with Crippen molar-refractivity contribution in [3.63, 3.8) is 0 Å². The normalized spacial score (nSPS) is 11.5. The number of rotatable bonds is 8. The summed E-state index contributed by atoms with van der Waals surface area (Å²) in [6.07, 6.45) is -0.703. The molecule has 2 aromatic rings. The van der Waals surface area contributed by atoms with E-state index in [1.54, 1.807) is 30.0 Å². The number of amides is 1. The Hall–Kier alpha value is -2.18. The standard InChI is InChI=1S/C19H20ClNO4S/c1-13(19(23)21-16-12-14(20)8-9-17(16)24-2)25-18(22)10-11-26-15-6-4-3-5-7-15/h3-9,12-13H,10-11H2,1-2H3,(H,21,23)/t13-/m0/s1. The van der Waals surface area contributed by atoms with Gasteiger partial charge < -0.3 is 14.8 Å². The molecular formula is C19H20ClNO4S. The lowest BCUT2D eigenvalue weighted by Crippen LogP contribution is -2.30. The minimum Gasteiger partial charge on any atom is -0.495 e. The molecule has 0 aromatic heterocycles. The van der Waals surface area contributed by atoms with Gasteiger partial charge in [-0.3, -0.25) is 9.59 Å². The maximum atomic E-state index is 12.2. The number of carbonyl (C=O) groups excluding carboxylic acids is 2. The highest BCUT2D eigenvalue weighted by molar-refractivity contribution is 7.99. The van der Waals surface area contributed by atoms with Gasteiger partial charge >= 0.3 is 5.97 Å². The summed E-state index contributed by atoms with van der Waals surface area (Å²) in [6.45, 7) is 1.52. The largest absolute Gasteiger partial charge is 0.495 e. The summed E-state index contributed by atoms with van der Waals surface area (Å²) in [5, 5.41) is 3.12. The number of esters is 1. The first-order valence-corrected chi connectivity index (χ1v) is 9.37. The third-order valence-corrected chi connectivity index (χ3v) is 4.66. The highest BCUT2D eigenvalue weighted by atomic mass is 35.5. The smallest absolute Gasteiger partial charge is 0.307 e. The maximum Gasteiger partial charge on any atom is 0.307 e. The second kappa shape index (κ2) is 10.1. The Morgan fingerprint density at radius 2 is 1.92 bits per heavy atom. The summed E-state index contributed by atoms with van der Waals surface area (Å²) in [5.41, 5.74) is 0.424. The second-order valence-electron chi connectivity index (χ2n) is 5.38. The van der Waals surface area contributed by atoms with Crippen molar-refractivity contribution >= 4 is 40.9 Å².